The van der Waals surface area contributed by atoms with Gasteiger partial charge in [0.2, 0.25) is 5.89 Å². The number of nitrogens with zero attached hydrogens (tertiary/aromatic N) is 2. The Morgan fingerprint density at radius 1 is 1.14 bits per heavy atom. The van der Waals surface area contributed by atoms with Crippen molar-refractivity contribution in [3.63, 3.8) is 0 Å². The van der Waals surface area contributed by atoms with Crippen molar-refractivity contribution in [1.82, 2.24) is 15.5 Å². The summed E-state index contributed by atoms with van der Waals surface area (Å²) in [4.78, 5) is 4.63. The molecule has 0 bridgehead atoms. The summed E-state index contributed by atoms with van der Waals surface area (Å²) >= 11 is 0. The van der Waals surface area contributed by atoms with Gasteiger partial charge in [0.05, 0.1) is 12.0 Å². The molecule has 4 nitrogen and oxygen atoms in total. The van der Waals surface area contributed by atoms with E-state index < -0.39 is 0 Å². The zero-order valence-corrected chi connectivity index (χ0v) is 13.4. The van der Waals surface area contributed by atoms with Gasteiger partial charge in [0.25, 0.3) is 0 Å². The highest BCUT2D eigenvalue weighted by Crippen LogP contribution is 2.36. The number of benzene rings is 1. The van der Waals surface area contributed by atoms with E-state index in [0.29, 0.717) is 18.5 Å². The Bertz CT molecular complexity index is 544. The number of rotatable bonds is 7. The van der Waals surface area contributed by atoms with Gasteiger partial charge in [-0.2, -0.15) is 4.98 Å². The Morgan fingerprint density at radius 3 is 2.38 bits per heavy atom. The van der Waals surface area contributed by atoms with E-state index in [9.17, 15) is 0 Å². The molecule has 0 spiro atoms. The Balaban J connectivity index is 2.31. The molecule has 0 saturated heterocycles. The lowest BCUT2D eigenvalue weighted by atomic mass is 9.75. The molecule has 0 aliphatic rings. The molecule has 0 radical (unpaired) electrons. The van der Waals surface area contributed by atoms with Crippen molar-refractivity contribution >= 4 is 0 Å². The summed E-state index contributed by atoms with van der Waals surface area (Å²) < 4.78 is 5.42. The van der Waals surface area contributed by atoms with Crippen LogP contribution in [-0.4, -0.2) is 16.2 Å². The van der Waals surface area contributed by atoms with Crippen LogP contribution in [0.3, 0.4) is 0 Å². The molecule has 0 unspecified atom stereocenters. The smallest absolute Gasteiger partial charge is 0.240 e. The predicted molar refractivity (Wildman–Crippen MR) is 84.1 cm³/mol. The van der Waals surface area contributed by atoms with E-state index in [1.807, 2.05) is 6.07 Å². The minimum atomic E-state index is -0.166. The molecule has 21 heavy (non-hydrogen) atoms. The van der Waals surface area contributed by atoms with E-state index in [-0.39, 0.29) is 5.41 Å². The first-order valence-corrected chi connectivity index (χ1v) is 7.74. The molecule has 1 N–H and O–H groups in total. The number of hydrogen-bond donors (Lipinski definition) is 1. The third-order valence-electron chi connectivity index (χ3n) is 4.09. The molecular weight excluding hydrogens is 262 g/mol. The van der Waals surface area contributed by atoms with Crippen LogP contribution in [0.25, 0.3) is 0 Å². The highest BCUT2D eigenvalue weighted by atomic mass is 16.5. The molecule has 0 amide bonds. The number of nitrogens with one attached hydrogen (secondary N) is 1. The van der Waals surface area contributed by atoms with Crippen LogP contribution in [0, 0.1) is 0 Å². The fourth-order valence-corrected chi connectivity index (χ4v) is 2.67. The maximum Gasteiger partial charge on any atom is 0.240 e. The molecule has 0 atom stereocenters. The highest BCUT2D eigenvalue weighted by Gasteiger charge is 2.35. The van der Waals surface area contributed by atoms with Crippen LogP contribution in [0.1, 0.15) is 57.8 Å². The summed E-state index contributed by atoms with van der Waals surface area (Å²) in [5.41, 5.74) is 1.08. The van der Waals surface area contributed by atoms with Crippen LogP contribution in [0.4, 0.5) is 0 Å². The monoisotopic (exact) mass is 287 g/mol. The molecule has 4 heteroatoms. The fourth-order valence-electron chi connectivity index (χ4n) is 2.67. The Hall–Kier alpha value is -1.68. The van der Waals surface area contributed by atoms with E-state index in [2.05, 4.69) is 67.4 Å². The molecule has 2 rings (SSSR count). The number of aromatic nitrogens is 2. The van der Waals surface area contributed by atoms with Gasteiger partial charge < -0.3 is 9.84 Å². The van der Waals surface area contributed by atoms with Gasteiger partial charge in [0, 0.05) is 6.04 Å². The van der Waals surface area contributed by atoms with E-state index >= 15 is 0 Å². The number of hydrogen-bond acceptors (Lipinski definition) is 4. The van der Waals surface area contributed by atoms with Crippen LogP contribution >= 0.6 is 0 Å². The second-order valence-electron chi connectivity index (χ2n) is 5.70. The average Bonchev–Trinajstić information content (AvgIpc) is 2.98. The largest absolute Gasteiger partial charge is 0.338 e. The molecule has 0 saturated carbocycles. The lowest BCUT2D eigenvalue weighted by molar-refractivity contribution is 0.343. The quantitative estimate of drug-likeness (QED) is 0.844. The lowest BCUT2D eigenvalue weighted by Crippen LogP contribution is -2.28. The SMILES string of the molecule is CCC(CC)(c1ccccc1)c1noc(CNC(C)C)n1. The van der Waals surface area contributed by atoms with Crippen LogP contribution in [-0.2, 0) is 12.0 Å². The van der Waals surface area contributed by atoms with Gasteiger partial charge in [-0.25, -0.2) is 0 Å². The van der Waals surface area contributed by atoms with Crippen LogP contribution in [0.5, 0.6) is 0 Å². The Morgan fingerprint density at radius 2 is 1.81 bits per heavy atom. The first-order valence-electron chi connectivity index (χ1n) is 7.74. The minimum absolute atomic E-state index is 0.166. The lowest BCUT2D eigenvalue weighted by Gasteiger charge is -2.28. The highest BCUT2D eigenvalue weighted by molar-refractivity contribution is 5.32. The van der Waals surface area contributed by atoms with Gasteiger partial charge >= 0.3 is 0 Å². The van der Waals surface area contributed by atoms with E-state index in [1.165, 1.54) is 5.56 Å². The van der Waals surface area contributed by atoms with Crippen LogP contribution < -0.4 is 5.32 Å². The molecule has 114 valence electrons. The van der Waals surface area contributed by atoms with Crippen molar-refractivity contribution in [2.45, 2.75) is 58.5 Å². The topological polar surface area (TPSA) is 51.0 Å². The third kappa shape index (κ3) is 3.32. The molecule has 2 aromatic rings. The molecule has 0 aliphatic heterocycles. The molecule has 1 aromatic carbocycles. The first-order chi connectivity index (χ1) is 10.1. The van der Waals surface area contributed by atoms with Gasteiger partial charge in [0.1, 0.15) is 0 Å². The maximum atomic E-state index is 5.42. The van der Waals surface area contributed by atoms with Crippen molar-refractivity contribution in [2.75, 3.05) is 0 Å². The summed E-state index contributed by atoms with van der Waals surface area (Å²) in [5, 5.41) is 7.56. The van der Waals surface area contributed by atoms with Crippen molar-refractivity contribution in [3.8, 4) is 0 Å². The summed E-state index contributed by atoms with van der Waals surface area (Å²) in [6.45, 7) is 9.17. The molecule has 1 heterocycles. The second-order valence-corrected chi connectivity index (χ2v) is 5.70. The normalized spacial score (nSPS) is 12.0. The Labute approximate surface area is 127 Å². The van der Waals surface area contributed by atoms with Crippen molar-refractivity contribution in [3.05, 3.63) is 47.6 Å². The summed E-state index contributed by atoms with van der Waals surface area (Å²) in [5.74, 6) is 1.44. The second kappa shape index (κ2) is 6.85. The standard InChI is InChI=1S/C17H25N3O/c1-5-17(6-2,14-10-8-7-9-11-14)16-19-15(21-20-16)12-18-13(3)4/h7-11,13,18H,5-6,12H2,1-4H3. The van der Waals surface area contributed by atoms with Crippen LogP contribution in [0.15, 0.2) is 34.9 Å². The molecule has 1 aromatic heterocycles. The zero-order chi connectivity index (χ0) is 15.3. The maximum absolute atomic E-state index is 5.42. The summed E-state index contributed by atoms with van der Waals surface area (Å²) in [6.07, 6.45) is 1.90. The van der Waals surface area contributed by atoms with Gasteiger partial charge in [-0.15, -0.1) is 0 Å². The predicted octanol–water partition coefficient (Wildman–Crippen LogP) is 3.67. The molecule has 0 aliphatic carbocycles. The van der Waals surface area contributed by atoms with Crippen molar-refractivity contribution in [2.24, 2.45) is 0 Å². The summed E-state index contributed by atoms with van der Waals surface area (Å²) in [6, 6.07) is 10.9. The van der Waals surface area contributed by atoms with Crippen molar-refractivity contribution < 1.29 is 4.52 Å². The van der Waals surface area contributed by atoms with E-state index in [4.69, 9.17) is 4.52 Å². The molecule has 0 fully saturated rings. The average molecular weight is 287 g/mol. The zero-order valence-electron chi connectivity index (χ0n) is 13.4. The van der Waals surface area contributed by atoms with Gasteiger partial charge in [-0.1, -0.05) is 63.2 Å². The minimum Gasteiger partial charge on any atom is -0.338 e. The Kier molecular flexibility index (Phi) is 5.12. The first kappa shape index (κ1) is 15.7. The van der Waals surface area contributed by atoms with Gasteiger partial charge in [-0.3, -0.25) is 0 Å². The molecular formula is C17H25N3O. The van der Waals surface area contributed by atoms with Gasteiger partial charge in [0.15, 0.2) is 5.82 Å². The van der Waals surface area contributed by atoms with Crippen molar-refractivity contribution in [1.29, 1.82) is 0 Å². The third-order valence-corrected chi connectivity index (χ3v) is 4.09. The fraction of sp³-hybridized carbons (Fsp3) is 0.529. The van der Waals surface area contributed by atoms with E-state index in [0.717, 1.165) is 18.7 Å². The van der Waals surface area contributed by atoms with Gasteiger partial charge in [-0.05, 0) is 18.4 Å². The summed E-state index contributed by atoms with van der Waals surface area (Å²) in [7, 11) is 0. The van der Waals surface area contributed by atoms with Crippen LogP contribution in [0.2, 0.25) is 0 Å². The van der Waals surface area contributed by atoms with E-state index in [1.54, 1.807) is 0 Å².